The number of aromatic nitrogens is 1. The van der Waals surface area contributed by atoms with Gasteiger partial charge in [0.2, 0.25) is 5.89 Å². The second-order valence-electron chi connectivity index (χ2n) is 5.64. The fourth-order valence-electron chi connectivity index (χ4n) is 2.43. The molecule has 3 rings (SSSR count). The van der Waals surface area contributed by atoms with Crippen LogP contribution in [0.2, 0.25) is 0 Å². The van der Waals surface area contributed by atoms with Gasteiger partial charge in [-0.3, -0.25) is 4.99 Å². The molecule has 134 valence electrons. The van der Waals surface area contributed by atoms with Gasteiger partial charge in [-0.05, 0) is 29.8 Å². The highest BCUT2D eigenvalue weighted by molar-refractivity contribution is 5.79. The first kappa shape index (κ1) is 17.5. The average Bonchev–Trinajstić information content (AvgIpc) is 3.18. The van der Waals surface area contributed by atoms with E-state index in [-0.39, 0.29) is 0 Å². The number of nitrogens with zero attached hydrogens (tertiary/aromatic N) is 2. The van der Waals surface area contributed by atoms with Gasteiger partial charge in [-0.25, -0.2) is 4.98 Å². The van der Waals surface area contributed by atoms with Crippen molar-refractivity contribution in [2.75, 3.05) is 14.2 Å². The molecule has 0 radical (unpaired) electrons. The molecule has 1 aromatic heterocycles. The summed E-state index contributed by atoms with van der Waals surface area (Å²) in [6, 6.07) is 17.7. The highest BCUT2D eigenvalue weighted by Crippen LogP contribution is 2.17. The lowest BCUT2D eigenvalue weighted by Gasteiger charge is -2.11. The predicted octanol–water partition coefficient (Wildman–Crippen LogP) is 3.22. The van der Waals surface area contributed by atoms with Crippen LogP contribution in [0.5, 0.6) is 5.75 Å². The topological polar surface area (TPSA) is 71.7 Å². The number of aliphatic imine (C=N–C) groups is 1. The SMILES string of the molecule is CN=C(NCc1ccc(OC)cc1)NCc1coc(-c2ccccc2)n1. The van der Waals surface area contributed by atoms with Gasteiger partial charge in [0.15, 0.2) is 5.96 Å². The van der Waals surface area contributed by atoms with Crippen molar-refractivity contribution < 1.29 is 9.15 Å². The number of nitrogens with one attached hydrogen (secondary N) is 2. The van der Waals surface area contributed by atoms with E-state index in [1.807, 2.05) is 54.6 Å². The Bertz CT molecular complexity index is 842. The van der Waals surface area contributed by atoms with Crippen LogP contribution in [0.3, 0.4) is 0 Å². The summed E-state index contributed by atoms with van der Waals surface area (Å²) in [4.78, 5) is 8.73. The van der Waals surface area contributed by atoms with Crippen LogP contribution in [0, 0.1) is 0 Å². The zero-order chi connectivity index (χ0) is 18.2. The monoisotopic (exact) mass is 350 g/mol. The van der Waals surface area contributed by atoms with Crippen molar-refractivity contribution in [1.29, 1.82) is 0 Å². The summed E-state index contributed by atoms with van der Waals surface area (Å²) < 4.78 is 10.7. The number of rotatable bonds is 6. The smallest absolute Gasteiger partial charge is 0.226 e. The molecule has 0 amide bonds. The first-order chi connectivity index (χ1) is 12.8. The van der Waals surface area contributed by atoms with E-state index >= 15 is 0 Å². The van der Waals surface area contributed by atoms with E-state index in [9.17, 15) is 0 Å². The van der Waals surface area contributed by atoms with E-state index in [1.54, 1.807) is 20.4 Å². The number of methoxy groups -OCH3 is 1. The van der Waals surface area contributed by atoms with Crippen molar-refractivity contribution in [1.82, 2.24) is 15.6 Å². The summed E-state index contributed by atoms with van der Waals surface area (Å²) in [6.45, 7) is 1.19. The quantitative estimate of drug-likeness (QED) is 0.528. The van der Waals surface area contributed by atoms with Crippen LogP contribution in [0.15, 0.2) is 70.3 Å². The second-order valence-corrected chi connectivity index (χ2v) is 5.64. The molecule has 6 heteroatoms. The Balaban J connectivity index is 1.52. The molecule has 3 aromatic rings. The van der Waals surface area contributed by atoms with Gasteiger partial charge in [0.1, 0.15) is 12.0 Å². The van der Waals surface area contributed by atoms with E-state index in [0.717, 1.165) is 22.6 Å². The van der Waals surface area contributed by atoms with Crippen LogP contribution in [0.4, 0.5) is 0 Å². The minimum Gasteiger partial charge on any atom is -0.497 e. The van der Waals surface area contributed by atoms with E-state index in [4.69, 9.17) is 9.15 Å². The lowest BCUT2D eigenvalue weighted by Crippen LogP contribution is -2.36. The van der Waals surface area contributed by atoms with Crippen molar-refractivity contribution in [2.45, 2.75) is 13.1 Å². The van der Waals surface area contributed by atoms with Crippen molar-refractivity contribution >= 4 is 5.96 Å². The summed E-state index contributed by atoms with van der Waals surface area (Å²) in [6.07, 6.45) is 1.66. The molecule has 0 aliphatic heterocycles. The average molecular weight is 350 g/mol. The molecule has 2 N–H and O–H groups in total. The third-order valence-corrected chi connectivity index (χ3v) is 3.85. The highest BCUT2D eigenvalue weighted by atomic mass is 16.5. The van der Waals surface area contributed by atoms with Crippen LogP contribution in [0.25, 0.3) is 11.5 Å². The third-order valence-electron chi connectivity index (χ3n) is 3.85. The molecule has 1 heterocycles. The van der Waals surface area contributed by atoms with Crippen molar-refractivity contribution in [2.24, 2.45) is 4.99 Å². The van der Waals surface area contributed by atoms with Crippen molar-refractivity contribution in [3.63, 3.8) is 0 Å². The number of oxazole rings is 1. The Morgan fingerprint density at radius 2 is 1.77 bits per heavy atom. The third kappa shape index (κ3) is 4.63. The van der Waals surface area contributed by atoms with E-state index < -0.39 is 0 Å². The minimum atomic E-state index is 0.526. The summed E-state index contributed by atoms with van der Waals surface area (Å²) in [7, 11) is 3.40. The van der Waals surface area contributed by atoms with Crippen LogP contribution in [-0.2, 0) is 13.1 Å². The van der Waals surface area contributed by atoms with Gasteiger partial charge in [-0.15, -0.1) is 0 Å². The largest absolute Gasteiger partial charge is 0.497 e. The summed E-state index contributed by atoms with van der Waals surface area (Å²) >= 11 is 0. The maximum Gasteiger partial charge on any atom is 0.226 e. The number of guanidine groups is 1. The molecule has 0 spiro atoms. The molecule has 0 saturated carbocycles. The standard InChI is InChI=1S/C20H22N4O2/c1-21-20(22-12-15-8-10-18(25-2)11-9-15)23-13-17-14-26-19(24-17)16-6-4-3-5-7-16/h3-11,14H,12-13H2,1-2H3,(H2,21,22,23). The lowest BCUT2D eigenvalue weighted by molar-refractivity contribution is 0.414. The van der Waals surface area contributed by atoms with Crippen LogP contribution < -0.4 is 15.4 Å². The fraction of sp³-hybridized carbons (Fsp3) is 0.200. The highest BCUT2D eigenvalue weighted by Gasteiger charge is 2.07. The Hall–Kier alpha value is -3.28. The van der Waals surface area contributed by atoms with Gasteiger partial charge < -0.3 is 19.8 Å². The fourth-order valence-corrected chi connectivity index (χ4v) is 2.43. The molecular weight excluding hydrogens is 328 g/mol. The minimum absolute atomic E-state index is 0.526. The first-order valence-corrected chi connectivity index (χ1v) is 8.36. The molecule has 26 heavy (non-hydrogen) atoms. The second kappa shape index (κ2) is 8.71. The Morgan fingerprint density at radius 3 is 2.46 bits per heavy atom. The Morgan fingerprint density at radius 1 is 1.04 bits per heavy atom. The first-order valence-electron chi connectivity index (χ1n) is 8.36. The van der Waals surface area contributed by atoms with Gasteiger partial charge in [-0.2, -0.15) is 0 Å². The Labute approximate surface area is 152 Å². The van der Waals surface area contributed by atoms with Crippen LogP contribution in [-0.4, -0.2) is 25.1 Å². The molecule has 0 bridgehead atoms. The molecule has 0 saturated heterocycles. The van der Waals surface area contributed by atoms with E-state index in [2.05, 4.69) is 20.6 Å². The van der Waals surface area contributed by atoms with Gasteiger partial charge in [0.25, 0.3) is 0 Å². The zero-order valence-electron chi connectivity index (χ0n) is 14.9. The van der Waals surface area contributed by atoms with E-state index in [0.29, 0.717) is 24.9 Å². The molecule has 0 atom stereocenters. The van der Waals surface area contributed by atoms with Crippen LogP contribution in [0.1, 0.15) is 11.3 Å². The molecule has 0 fully saturated rings. The number of ether oxygens (including phenoxy) is 1. The van der Waals surface area contributed by atoms with Gasteiger partial charge in [0.05, 0.1) is 19.3 Å². The van der Waals surface area contributed by atoms with Gasteiger partial charge in [0, 0.05) is 19.2 Å². The predicted molar refractivity (Wildman–Crippen MR) is 102 cm³/mol. The van der Waals surface area contributed by atoms with E-state index in [1.165, 1.54) is 0 Å². The van der Waals surface area contributed by atoms with Gasteiger partial charge >= 0.3 is 0 Å². The normalized spacial score (nSPS) is 11.2. The summed E-state index contributed by atoms with van der Waals surface area (Å²) in [5.74, 6) is 2.16. The molecule has 2 aromatic carbocycles. The molecular formula is C20H22N4O2. The zero-order valence-corrected chi connectivity index (χ0v) is 14.9. The van der Waals surface area contributed by atoms with Crippen molar-refractivity contribution in [3.8, 4) is 17.2 Å². The Kier molecular flexibility index (Phi) is 5.88. The number of hydrogen-bond donors (Lipinski definition) is 2. The summed E-state index contributed by atoms with van der Waals surface area (Å²) in [5, 5.41) is 6.51. The summed E-state index contributed by atoms with van der Waals surface area (Å²) in [5.41, 5.74) is 2.92. The maximum atomic E-state index is 5.54. The molecule has 0 aliphatic carbocycles. The van der Waals surface area contributed by atoms with Gasteiger partial charge in [-0.1, -0.05) is 30.3 Å². The maximum absolute atomic E-state index is 5.54. The molecule has 0 aliphatic rings. The van der Waals surface area contributed by atoms with Crippen LogP contribution >= 0.6 is 0 Å². The number of hydrogen-bond acceptors (Lipinski definition) is 4. The lowest BCUT2D eigenvalue weighted by atomic mass is 10.2. The molecule has 6 nitrogen and oxygen atoms in total. The molecule has 0 unspecified atom stereocenters. The van der Waals surface area contributed by atoms with Crippen molar-refractivity contribution in [3.05, 3.63) is 72.1 Å². The number of benzene rings is 2.